The van der Waals surface area contributed by atoms with Crippen LogP contribution in [0, 0.1) is 5.92 Å². The Morgan fingerprint density at radius 3 is 2.87 bits per heavy atom. The van der Waals surface area contributed by atoms with Crippen molar-refractivity contribution in [2.45, 2.75) is 19.0 Å². The van der Waals surface area contributed by atoms with E-state index in [2.05, 4.69) is 15.3 Å². The Kier molecular flexibility index (Phi) is 5.51. The minimum absolute atomic E-state index is 0.251. The third kappa shape index (κ3) is 4.60. The summed E-state index contributed by atoms with van der Waals surface area (Å²) in [7, 11) is 1.67. The van der Waals surface area contributed by atoms with Gasteiger partial charge < -0.3 is 15.5 Å². The Morgan fingerprint density at radius 1 is 1.48 bits per heavy atom. The molecule has 2 heterocycles. The predicted molar refractivity (Wildman–Crippen MR) is 80.6 cm³/mol. The highest BCUT2D eigenvalue weighted by atomic mass is 35.5. The molecule has 1 aliphatic heterocycles. The van der Waals surface area contributed by atoms with Crippen molar-refractivity contribution in [3.8, 4) is 0 Å². The van der Waals surface area contributed by atoms with Gasteiger partial charge in [-0.05, 0) is 12.8 Å². The van der Waals surface area contributed by atoms with Crippen molar-refractivity contribution < 1.29 is 18.0 Å². The van der Waals surface area contributed by atoms with E-state index in [0.29, 0.717) is 30.9 Å². The Balaban J connectivity index is 2.06. The van der Waals surface area contributed by atoms with Crippen LogP contribution in [0.5, 0.6) is 0 Å². The van der Waals surface area contributed by atoms with E-state index >= 15 is 0 Å². The molecule has 0 spiro atoms. The number of anilines is 2. The van der Waals surface area contributed by atoms with Crippen LogP contribution in [-0.4, -0.2) is 48.7 Å². The molecule has 1 aromatic rings. The molecule has 1 aliphatic rings. The van der Waals surface area contributed by atoms with Crippen molar-refractivity contribution in [2.75, 3.05) is 36.9 Å². The third-order valence-corrected chi connectivity index (χ3v) is 3.87. The Morgan fingerprint density at radius 2 is 2.22 bits per heavy atom. The second-order valence-electron chi connectivity index (χ2n) is 5.23. The lowest BCUT2D eigenvalue weighted by Crippen LogP contribution is -2.45. The number of aromatic nitrogens is 2. The van der Waals surface area contributed by atoms with Crippen LogP contribution in [0.4, 0.5) is 24.7 Å². The van der Waals surface area contributed by atoms with Gasteiger partial charge in [-0.1, -0.05) is 11.6 Å². The van der Waals surface area contributed by atoms with E-state index in [1.165, 1.54) is 6.33 Å². The number of carbonyl (C=O) groups excluding carboxylic acids is 1. The van der Waals surface area contributed by atoms with Crippen molar-refractivity contribution >= 4 is 29.0 Å². The molecule has 1 saturated heterocycles. The zero-order chi connectivity index (χ0) is 17.0. The van der Waals surface area contributed by atoms with Crippen LogP contribution in [-0.2, 0) is 4.79 Å². The number of halogens is 4. The summed E-state index contributed by atoms with van der Waals surface area (Å²) < 4.78 is 36.6. The molecular weight excluding hydrogens is 335 g/mol. The lowest BCUT2D eigenvalue weighted by Gasteiger charge is -2.33. The number of alkyl halides is 3. The third-order valence-electron chi connectivity index (χ3n) is 3.59. The van der Waals surface area contributed by atoms with Gasteiger partial charge in [-0.2, -0.15) is 13.2 Å². The van der Waals surface area contributed by atoms with Crippen LogP contribution in [0.15, 0.2) is 6.33 Å². The average Bonchev–Trinajstić information content (AvgIpc) is 2.51. The Labute approximate surface area is 136 Å². The monoisotopic (exact) mass is 351 g/mol. The summed E-state index contributed by atoms with van der Waals surface area (Å²) in [6, 6.07) is 0. The highest BCUT2D eigenvalue weighted by Gasteiger charge is 2.32. The molecule has 128 valence electrons. The van der Waals surface area contributed by atoms with Gasteiger partial charge in [-0.15, -0.1) is 0 Å². The smallest absolute Gasteiger partial charge is 0.383 e. The Bertz CT molecular complexity index is 569. The molecule has 1 atom stereocenters. The lowest BCUT2D eigenvalue weighted by molar-refractivity contribution is -0.140. The fourth-order valence-corrected chi connectivity index (χ4v) is 2.75. The number of rotatable bonds is 4. The van der Waals surface area contributed by atoms with Crippen molar-refractivity contribution in [2.24, 2.45) is 5.92 Å². The van der Waals surface area contributed by atoms with Crippen molar-refractivity contribution in [1.82, 2.24) is 15.3 Å². The summed E-state index contributed by atoms with van der Waals surface area (Å²) in [6.45, 7) is -0.389. The number of hydrogen-bond acceptors (Lipinski definition) is 5. The van der Waals surface area contributed by atoms with E-state index in [-0.39, 0.29) is 11.7 Å². The summed E-state index contributed by atoms with van der Waals surface area (Å²) in [4.78, 5) is 21.8. The SMILES string of the molecule is CNc1c(Cl)ncnc1N1CCCC(C(=O)NCC(F)(F)F)C1. The largest absolute Gasteiger partial charge is 0.405 e. The molecule has 1 amide bonds. The van der Waals surface area contributed by atoms with E-state index in [9.17, 15) is 18.0 Å². The van der Waals surface area contributed by atoms with Gasteiger partial charge >= 0.3 is 6.18 Å². The highest BCUT2D eigenvalue weighted by Crippen LogP contribution is 2.31. The summed E-state index contributed by atoms with van der Waals surface area (Å²) in [5.41, 5.74) is 0.533. The number of carbonyl (C=O) groups is 1. The molecule has 2 rings (SSSR count). The maximum atomic E-state index is 12.2. The molecule has 6 nitrogen and oxygen atoms in total. The molecule has 0 radical (unpaired) electrons. The number of amides is 1. The summed E-state index contributed by atoms with van der Waals surface area (Å²) in [6.07, 6.45) is -1.89. The van der Waals surface area contributed by atoms with E-state index in [0.717, 1.165) is 0 Å². The van der Waals surface area contributed by atoms with Crippen molar-refractivity contribution in [1.29, 1.82) is 0 Å². The van der Waals surface area contributed by atoms with Gasteiger partial charge in [-0.25, -0.2) is 9.97 Å². The molecule has 10 heteroatoms. The van der Waals surface area contributed by atoms with Crippen molar-refractivity contribution in [3.05, 3.63) is 11.5 Å². The minimum atomic E-state index is -4.41. The standard InChI is InChI=1S/C13H17ClF3N5O/c1-18-9-10(14)20-7-21-11(9)22-4-2-3-8(5-22)12(23)19-6-13(15,16)17/h7-8,18H,2-6H2,1H3,(H,19,23). The molecule has 0 saturated carbocycles. The van der Waals surface area contributed by atoms with Gasteiger partial charge in [0.05, 0.1) is 5.92 Å². The summed E-state index contributed by atoms with van der Waals surface area (Å²) in [5.74, 6) is -0.580. The normalized spacial score (nSPS) is 18.7. The van der Waals surface area contributed by atoms with E-state index in [1.807, 2.05) is 10.2 Å². The number of nitrogens with one attached hydrogen (secondary N) is 2. The Hall–Kier alpha value is -1.77. The lowest BCUT2D eigenvalue weighted by atomic mass is 9.97. The van der Waals surface area contributed by atoms with Gasteiger partial charge in [0.1, 0.15) is 18.6 Å². The average molecular weight is 352 g/mol. The molecular formula is C13H17ClF3N5O. The first-order chi connectivity index (χ1) is 10.8. The molecule has 1 fully saturated rings. The van der Waals surface area contributed by atoms with Crippen LogP contribution in [0.1, 0.15) is 12.8 Å². The second-order valence-corrected chi connectivity index (χ2v) is 5.59. The number of piperidine rings is 1. The maximum Gasteiger partial charge on any atom is 0.405 e. The highest BCUT2D eigenvalue weighted by molar-refractivity contribution is 6.32. The molecule has 2 N–H and O–H groups in total. The quantitative estimate of drug-likeness (QED) is 0.813. The number of nitrogens with zero attached hydrogens (tertiary/aromatic N) is 3. The van der Waals surface area contributed by atoms with Gasteiger partial charge in [-0.3, -0.25) is 4.79 Å². The van der Waals surface area contributed by atoms with Crippen molar-refractivity contribution in [3.63, 3.8) is 0 Å². The summed E-state index contributed by atoms with van der Waals surface area (Å²) >= 11 is 6.00. The molecule has 23 heavy (non-hydrogen) atoms. The topological polar surface area (TPSA) is 70.2 Å². The van der Waals surface area contributed by atoms with Crippen LogP contribution in [0.3, 0.4) is 0 Å². The van der Waals surface area contributed by atoms with Crippen LogP contribution >= 0.6 is 11.6 Å². The zero-order valence-electron chi connectivity index (χ0n) is 12.5. The van der Waals surface area contributed by atoms with Gasteiger partial charge in [0.2, 0.25) is 5.91 Å². The zero-order valence-corrected chi connectivity index (χ0v) is 13.2. The fourth-order valence-electron chi connectivity index (χ4n) is 2.53. The second kappa shape index (κ2) is 7.20. The van der Waals surface area contributed by atoms with Gasteiger partial charge in [0.15, 0.2) is 11.0 Å². The van der Waals surface area contributed by atoms with Crippen LogP contribution in [0.2, 0.25) is 5.15 Å². The van der Waals surface area contributed by atoms with Gasteiger partial charge in [0, 0.05) is 20.1 Å². The van der Waals surface area contributed by atoms with E-state index in [4.69, 9.17) is 11.6 Å². The molecule has 1 aromatic heterocycles. The molecule has 0 aliphatic carbocycles. The first-order valence-electron chi connectivity index (χ1n) is 7.09. The minimum Gasteiger partial charge on any atom is -0.383 e. The van der Waals surface area contributed by atoms with E-state index in [1.54, 1.807) is 7.05 Å². The first-order valence-corrected chi connectivity index (χ1v) is 7.47. The number of hydrogen-bond donors (Lipinski definition) is 2. The fraction of sp³-hybridized carbons (Fsp3) is 0.615. The molecule has 1 unspecified atom stereocenters. The maximum absolute atomic E-state index is 12.2. The predicted octanol–water partition coefficient (Wildman–Crippen LogP) is 2.07. The first kappa shape index (κ1) is 17.6. The molecule has 0 aromatic carbocycles. The van der Waals surface area contributed by atoms with E-state index < -0.39 is 24.5 Å². The van der Waals surface area contributed by atoms with Crippen LogP contribution < -0.4 is 15.5 Å². The van der Waals surface area contributed by atoms with Gasteiger partial charge in [0.25, 0.3) is 0 Å². The molecule has 0 bridgehead atoms. The summed E-state index contributed by atoms with van der Waals surface area (Å²) in [5, 5.41) is 5.09. The van der Waals surface area contributed by atoms with Crippen LogP contribution in [0.25, 0.3) is 0 Å².